The number of rotatable bonds is 6. The smallest absolute Gasteiger partial charge is 0.140 e. The van der Waals surface area contributed by atoms with E-state index in [9.17, 15) is 0 Å². The Morgan fingerprint density at radius 2 is 2.14 bits per heavy atom. The topological polar surface area (TPSA) is 60.6 Å². The molecule has 6 nitrogen and oxygen atoms in total. The lowest BCUT2D eigenvalue weighted by molar-refractivity contribution is 0.243. The molecular weight excluding hydrogens is 276 g/mol. The Kier molecular flexibility index (Phi) is 4.87. The van der Waals surface area contributed by atoms with Crippen molar-refractivity contribution in [2.45, 2.75) is 64.7 Å². The number of nitrogens with zero attached hydrogens (tertiary/aromatic N) is 5. The third kappa shape index (κ3) is 3.55. The highest BCUT2D eigenvalue weighted by atomic mass is 15.3. The Labute approximate surface area is 131 Å². The van der Waals surface area contributed by atoms with Gasteiger partial charge in [-0.1, -0.05) is 26.7 Å². The molecule has 1 fully saturated rings. The van der Waals surface area contributed by atoms with Gasteiger partial charge in [-0.15, -0.1) is 0 Å². The first kappa shape index (κ1) is 15.2. The van der Waals surface area contributed by atoms with Gasteiger partial charge in [0.1, 0.15) is 12.2 Å². The largest absolute Gasteiger partial charge is 0.305 e. The lowest BCUT2D eigenvalue weighted by Crippen LogP contribution is -2.40. The van der Waals surface area contributed by atoms with E-state index in [0.29, 0.717) is 18.0 Å². The number of hydrogen-bond acceptors (Lipinski definition) is 4. The second-order valence-corrected chi connectivity index (χ2v) is 6.58. The SMILES string of the molecule is CC(C)Cn1ncnc1CN[C@@H]1CCCC[C@H]1n1cccn1. The van der Waals surface area contributed by atoms with Crippen LogP contribution in [0.2, 0.25) is 0 Å². The van der Waals surface area contributed by atoms with E-state index in [1.165, 1.54) is 25.7 Å². The van der Waals surface area contributed by atoms with Crippen LogP contribution in [-0.4, -0.2) is 30.6 Å². The van der Waals surface area contributed by atoms with E-state index in [-0.39, 0.29) is 0 Å². The fraction of sp³-hybridized carbons (Fsp3) is 0.688. The summed E-state index contributed by atoms with van der Waals surface area (Å²) in [5.41, 5.74) is 0. The molecule has 1 aliphatic rings. The van der Waals surface area contributed by atoms with Crippen molar-refractivity contribution in [2.24, 2.45) is 5.92 Å². The molecule has 2 atom stereocenters. The molecule has 2 aromatic rings. The molecule has 3 rings (SSSR count). The molecule has 0 aromatic carbocycles. The number of nitrogens with one attached hydrogen (secondary N) is 1. The zero-order valence-electron chi connectivity index (χ0n) is 13.5. The van der Waals surface area contributed by atoms with Gasteiger partial charge in [-0.05, 0) is 24.8 Å². The van der Waals surface area contributed by atoms with Gasteiger partial charge in [-0.3, -0.25) is 4.68 Å². The van der Waals surface area contributed by atoms with Crippen molar-refractivity contribution in [2.75, 3.05) is 0 Å². The zero-order valence-corrected chi connectivity index (χ0v) is 13.5. The van der Waals surface area contributed by atoms with Crippen LogP contribution in [0.3, 0.4) is 0 Å². The van der Waals surface area contributed by atoms with Gasteiger partial charge in [0.15, 0.2) is 0 Å². The van der Waals surface area contributed by atoms with Gasteiger partial charge >= 0.3 is 0 Å². The normalized spacial score (nSPS) is 22.3. The molecule has 1 aliphatic carbocycles. The molecule has 2 heterocycles. The van der Waals surface area contributed by atoms with E-state index in [4.69, 9.17) is 0 Å². The summed E-state index contributed by atoms with van der Waals surface area (Å²) < 4.78 is 4.12. The van der Waals surface area contributed by atoms with Crippen molar-refractivity contribution in [3.63, 3.8) is 0 Å². The lowest BCUT2D eigenvalue weighted by atomic mass is 9.90. The predicted molar refractivity (Wildman–Crippen MR) is 85.2 cm³/mol. The first-order valence-corrected chi connectivity index (χ1v) is 8.33. The van der Waals surface area contributed by atoms with E-state index < -0.39 is 0 Å². The van der Waals surface area contributed by atoms with Crippen molar-refractivity contribution in [3.8, 4) is 0 Å². The molecular formula is C16H26N6. The maximum Gasteiger partial charge on any atom is 0.140 e. The molecule has 120 valence electrons. The Balaban J connectivity index is 1.63. The van der Waals surface area contributed by atoms with Gasteiger partial charge in [0.05, 0.1) is 12.6 Å². The Bertz CT molecular complexity index is 559. The molecule has 2 aromatic heterocycles. The van der Waals surface area contributed by atoms with Crippen LogP contribution in [0.15, 0.2) is 24.8 Å². The number of aromatic nitrogens is 5. The van der Waals surface area contributed by atoms with E-state index >= 15 is 0 Å². The van der Waals surface area contributed by atoms with Gasteiger partial charge in [-0.2, -0.15) is 10.2 Å². The average Bonchev–Trinajstić information content (AvgIpc) is 3.16. The van der Waals surface area contributed by atoms with Crippen molar-refractivity contribution < 1.29 is 0 Å². The molecule has 0 saturated heterocycles. The van der Waals surface area contributed by atoms with Crippen molar-refractivity contribution in [1.82, 2.24) is 29.9 Å². The first-order valence-electron chi connectivity index (χ1n) is 8.33. The van der Waals surface area contributed by atoms with Gasteiger partial charge in [-0.25, -0.2) is 9.67 Å². The fourth-order valence-corrected chi connectivity index (χ4v) is 3.29. The summed E-state index contributed by atoms with van der Waals surface area (Å²) in [5.74, 6) is 1.60. The molecule has 22 heavy (non-hydrogen) atoms. The minimum absolute atomic E-state index is 0.449. The Morgan fingerprint density at radius 3 is 2.91 bits per heavy atom. The highest BCUT2D eigenvalue weighted by molar-refractivity contribution is 4.92. The van der Waals surface area contributed by atoms with Gasteiger partial charge < -0.3 is 5.32 Å². The van der Waals surface area contributed by atoms with E-state index in [0.717, 1.165) is 18.9 Å². The van der Waals surface area contributed by atoms with Crippen LogP contribution in [0, 0.1) is 5.92 Å². The highest BCUT2D eigenvalue weighted by Crippen LogP contribution is 2.28. The first-order chi connectivity index (χ1) is 10.7. The molecule has 0 bridgehead atoms. The van der Waals surface area contributed by atoms with Crippen LogP contribution in [0.4, 0.5) is 0 Å². The van der Waals surface area contributed by atoms with Crippen molar-refractivity contribution >= 4 is 0 Å². The minimum Gasteiger partial charge on any atom is -0.305 e. The summed E-state index contributed by atoms with van der Waals surface area (Å²) in [4.78, 5) is 4.41. The molecule has 0 amide bonds. The highest BCUT2D eigenvalue weighted by Gasteiger charge is 2.26. The fourth-order valence-electron chi connectivity index (χ4n) is 3.29. The summed E-state index contributed by atoms with van der Waals surface area (Å²) >= 11 is 0. The van der Waals surface area contributed by atoms with Gasteiger partial charge in [0.2, 0.25) is 0 Å². The van der Waals surface area contributed by atoms with Crippen LogP contribution < -0.4 is 5.32 Å². The number of hydrogen-bond donors (Lipinski definition) is 1. The predicted octanol–water partition coefficient (Wildman–Crippen LogP) is 2.40. The van der Waals surface area contributed by atoms with Gasteiger partial charge in [0.25, 0.3) is 0 Å². The van der Waals surface area contributed by atoms with E-state index in [2.05, 4.69) is 45.2 Å². The Hall–Kier alpha value is -1.69. The van der Waals surface area contributed by atoms with Crippen molar-refractivity contribution in [3.05, 3.63) is 30.6 Å². The van der Waals surface area contributed by atoms with E-state index in [1.807, 2.05) is 16.9 Å². The Morgan fingerprint density at radius 1 is 1.27 bits per heavy atom. The summed E-state index contributed by atoms with van der Waals surface area (Å²) in [7, 11) is 0. The van der Waals surface area contributed by atoms with Crippen LogP contribution in [0.1, 0.15) is 51.4 Å². The second-order valence-electron chi connectivity index (χ2n) is 6.58. The maximum absolute atomic E-state index is 4.44. The van der Waals surface area contributed by atoms with Crippen LogP contribution in [-0.2, 0) is 13.1 Å². The van der Waals surface area contributed by atoms with Gasteiger partial charge in [0, 0.05) is 25.0 Å². The van der Waals surface area contributed by atoms with Crippen LogP contribution >= 0.6 is 0 Å². The maximum atomic E-state index is 4.44. The molecule has 0 aliphatic heterocycles. The average molecular weight is 302 g/mol. The molecule has 0 radical (unpaired) electrons. The minimum atomic E-state index is 0.449. The molecule has 1 N–H and O–H groups in total. The van der Waals surface area contributed by atoms with Crippen molar-refractivity contribution in [1.29, 1.82) is 0 Å². The van der Waals surface area contributed by atoms with Crippen LogP contribution in [0.5, 0.6) is 0 Å². The third-order valence-corrected chi connectivity index (χ3v) is 4.35. The molecule has 0 spiro atoms. The second kappa shape index (κ2) is 7.05. The molecule has 1 saturated carbocycles. The van der Waals surface area contributed by atoms with Crippen LogP contribution in [0.25, 0.3) is 0 Å². The third-order valence-electron chi connectivity index (χ3n) is 4.35. The zero-order chi connectivity index (χ0) is 15.4. The van der Waals surface area contributed by atoms with E-state index in [1.54, 1.807) is 6.33 Å². The monoisotopic (exact) mass is 302 g/mol. The lowest BCUT2D eigenvalue weighted by Gasteiger charge is -2.32. The summed E-state index contributed by atoms with van der Waals surface area (Å²) in [6.07, 6.45) is 10.6. The summed E-state index contributed by atoms with van der Waals surface area (Å²) in [6.45, 7) is 6.10. The molecule has 0 unspecified atom stereocenters. The quantitative estimate of drug-likeness (QED) is 0.890. The summed E-state index contributed by atoms with van der Waals surface area (Å²) in [5, 5.41) is 12.5. The standard InChI is InChI=1S/C16H26N6/c1-13(2)11-22-16(18-12-20-22)10-17-14-6-3-4-7-15(14)21-9-5-8-19-21/h5,8-9,12-15,17H,3-4,6-7,10-11H2,1-2H3/t14-,15-/m1/s1. The molecule has 6 heteroatoms. The summed E-state index contributed by atoms with van der Waals surface area (Å²) in [6, 6.07) is 2.91.